The highest BCUT2D eigenvalue weighted by Crippen LogP contribution is 2.27. The first kappa shape index (κ1) is 18.7. The first-order chi connectivity index (χ1) is 9.93. The van der Waals surface area contributed by atoms with E-state index in [1.54, 1.807) is 0 Å². The monoisotopic (exact) mass is 347 g/mol. The second-order valence-electron chi connectivity index (χ2n) is 5.66. The molecule has 1 aromatic carbocycles. The molecule has 8 heteroatoms. The molecule has 2 rings (SSSR count). The first-order valence-electron chi connectivity index (χ1n) is 6.85. The smallest absolute Gasteiger partial charge is 0.283 e. The van der Waals surface area contributed by atoms with E-state index >= 15 is 0 Å². The number of nitro benzene ring substituents is 1. The maximum absolute atomic E-state index is 12.3. The van der Waals surface area contributed by atoms with Gasteiger partial charge in [-0.3, -0.25) is 14.9 Å². The van der Waals surface area contributed by atoms with Gasteiger partial charge in [0, 0.05) is 19.2 Å². The number of nitro groups is 1. The summed E-state index contributed by atoms with van der Waals surface area (Å²) in [6.07, 6.45) is 2.06. The molecule has 122 valence electrons. The van der Waals surface area contributed by atoms with Crippen molar-refractivity contribution in [3.8, 4) is 0 Å². The molecular weight excluding hydrogens is 329 g/mol. The van der Waals surface area contributed by atoms with Crippen LogP contribution < -0.4 is 10.6 Å². The first-order valence-corrected chi connectivity index (χ1v) is 7.23. The molecule has 1 atom stereocenters. The Bertz CT molecular complexity index is 560. The fourth-order valence-electron chi connectivity index (χ4n) is 2.54. The summed E-state index contributed by atoms with van der Waals surface area (Å²) < 4.78 is 0. The molecule has 1 heterocycles. The molecule has 0 aliphatic carbocycles. The van der Waals surface area contributed by atoms with Crippen LogP contribution in [0.5, 0.6) is 0 Å². The molecule has 1 unspecified atom stereocenters. The molecule has 2 N–H and O–H groups in total. The van der Waals surface area contributed by atoms with Crippen molar-refractivity contribution < 1.29 is 9.72 Å². The molecule has 0 spiro atoms. The van der Waals surface area contributed by atoms with Crippen LogP contribution in [0, 0.1) is 15.5 Å². The lowest BCUT2D eigenvalue weighted by molar-refractivity contribution is -0.385. The molecule has 1 saturated heterocycles. The topological polar surface area (TPSA) is 84.3 Å². The van der Waals surface area contributed by atoms with Gasteiger partial charge in [-0.1, -0.05) is 24.6 Å². The lowest BCUT2D eigenvalue weighted by atomic mass is 9.83. The van der Waals surface area contributed by atoms with Gasteiger partial charge in [-0.05, 0) is 30.9 Å². The van der Waals surface area contributed by atoms with Gasteiger partial charge in [0.2, 0.25) is 0 Å². The fraction of sp³-hybridized carbons (Fsp3) is 0.500. The third kappa shape index (κ3) is 4.32. The second kappa shape index (κ2) is 7.76. The van der Waals surface area contributed by atoms with Crippen molar-refractivity contribution in [1.29, 1.82) is 0 Å². The number of carbonyl (C=O) groups excluding carboxylic acids is 1. The molecule has 0 aromatic heterocycles. The van der Waals surface area contributed by atoms with Crippen molar-refractivity contribution in [2.45, 2.75) is 19.8 Å². The van der Waals surface area contributed by atoms with Crippen molar-refractivity contribution in [3.05, 3.63) is 38.9 Å². The maximum Gasteiger partial charge on any atom is 0.283 e. The van der Waals surface area contributed by atoms with Crippen LogP contribution in [0.1, 0.15) is 30.1 Å². The van der Waals surface area contributed by atoms with Crippen LogP contribution in [-0.2, 0) is 0 Å². The third-order valence-electron chi connectivity index (χ3n) is 3.78. The molecule has 1 amide bonds. The summed E-state index contributed by atoms with van der Waals surface area (Å²) >= 11 is 5.95. The minimum atomic E-state index is -0.593. The summed E-state index contributed by atoms with van der Waals surface area (Å²) in [4.78, 5) is 22.7. The fourth-order valence-corrected chi connectivity index (χ4v) is 2.80. The SMILES string of the molecule is CC1(CNC(=O)c2c(Cl)cccc2[N+](=O)[O-])CCCNC1.Cl. The molecule has 1 aliphatic heterocycles. The Morgan fingerprint density at radius 1 is 1.55 bits per heavy atom. The molecule has 1 aliphatic rings. The van der Waals surface area contributed by atoms with Crippen LogP contribution in [0.4, 0.5) is 5.69 Å². The Labute approximate surface area is 140 Å². The summed E-state index contributed by atoms with van der Waals surface area (Å²) in [6, 6.07) is 4.22. The van der Waals surface area contributed by atoms with E-state index in [0.29, 0.717) is 6.54 Å². The van der Waals surface area contributed by atoms with Crippen molar-refractivity contribution in [2.24, 2.45) is 5.41 Å². The molecular formula is C14H19Cl2N3O3. The zero-order valence-electron chi connectivity index (χ0n) is 12.2. The van der Waals surface area contributed by atoms with Crippen molar-refractivity contribution in [3.63, 3.8) is 0 Å². The molecule has 0 radical (unpaired) electrons. The Morgan fingerprint density at radius 3 is 2.86 bits per heavy atom. The number of piperidine rings is 1. The highest BCUT2D eigenvalue weighted by atomic mass is 35.5. The van der Waals surface area contributed by atoms with Gasteiger partial charge in [0.05, 0.1) is 9.95 Å². The van der Waals surface area contributed by atoms with Gasteiger partial charge in [0.15, 0.2) is 0 Å². The van der Waals surface area contributed by atoms with E-state index in [0.717, 1.165) is 25.9 Å². The number of carbonyl (C=O) groups is 1. The van der Waals surface area contributed by atoms with E-state index in [1.165, 1.54) is 18.2 Å². The second-order valence-corrected chi connectivity index (χ2v) is 6.07. The number of rotatable bonds is 4. The number of halogens is 2. The Hall–Kier alpha value is -1.37. The maximum atomic E-state index is 12.3. The number of amides is 1. The van der Waals surface area contributed by atoms with Gasteiger partial charge in [0.25, 0.3) is 11.6 Å². The molecule has 0 saturated carbocycles. The summed E-state index contributed by atoms with van der Waals surface area (Å²) in [7, 11) is 0. The van der Waals surface area contributed by atoms with Crippen LogP contribution in [0.25, 0.3) is 0 Å². The number of nitrogens with zero attached hydrogens (tertiary/aromatic N) is 1. The Morgan fingerprint density at radius 2 is 2.27 bits per heavy atom. The van der Waals surface area contributed by atoms with Crippen molar-refractivity contribution in [2.75, 3.05) is 19.6 Å². The standard InChI is InChI=1S/C14H18ClN3O3.ClH/c1-14(6-3-7-16-8-14)9-17-13(19)12-10(15)4-2-5-11(12)18(20)21;/h2,4-5,16H,3,6-9H2,1H3,(H,17,19);1H. The van der Waals surface area contributed by atoms with Crippen LogP contribution >= 0.6 is 24.0 Å². The minimum absolute atomic E-state index is 0. The van der Waals surface area contributed by atoms with Crippen LogP contribution in [-0.4, -0.2) is 30.5 Å². The molecule has 22 heavy (non-hydrogen) atoms. The molecule has 6 nitrogen and oxygen atoms in total. The van der Waals surface area contributed by atoms with E-state index in [-0.39, 0.29) is 34.1 Å². The number of nitrogens with one attached hydrogen (secondary N) is 2. The lowest BCUT2D eigenvalue weighted by Crippen LogP contribution is -2.45. The van der Waals surface area contributed by atoms with Gasteiger partial charge >= 0.3 is 0 Å². The van der Waals surface area contributed by atoms with Crippen LogP contribution in [0.3, 0.4) is 0 Å². The predicted octanol–water partition coefficient (Wildman–Crippen LogP) is 2.79. The quantitative estimate of drug-likeness (QED) is 0.647. The Balaban J connectivity index is 0.00000242. The van der Waals surface area contributed by atoms with Gasteiger partial charge in [0.1, 0.15) is 5.56 Å². The van der Waals surface area contributed by atoms with Gasteiger partial charge in [-0.25, -0.2) is 0 Å². The minimum Gasteiger partial charge on any atom is -0.351 e. The number of hydrogen-bond acceptors (Lipinski definition) is 4. The van der Waals surface area contributed by atoms with Gasteiger partial charge < -0.3 is 10.6 Å². The average Bonchev–Trinajstić information content (AvgIpc) is 2.45. The summed E-state index contributed by atoms with van der Waals surface area (Å²) in [6.45, 7) is 4.35. The normalized spacial score (nSPS) is 20.8. The van der Waals surface area contributed by atoms with E-state index in [1.807, 2.05) is 0 Å². The highest BCUT2D eigenvalue weighted by molar-refractivity contribution is 6.34. The van der Waals surface area contributed by atoms with Crippen molar-refractivity contribution in [1.82, 2.24) is 10.6 Å². The zero-order chi connectivity index (χ0) is 15.5. The highest BCUT2D eigenvalue weighted by Gasteiger charge is 2.29. The molecule has 1 aromatic rings. The summed E-state index contributed by atoms with van der Waals surface area (Å²) in [5, 5.41) is 17.2. The number of benzene rings is 1. The number of hydrogen-bond donors (Lipinski definition) is 2. The van der Waals surface area contributed by atoms with Crippen LogP contribution in [0.2, 0.25) is 5.02 Å². The zero-order valence-corrected chi connectivity index (χ0v) is 13.8. The van der Waals surface area contributed by atoms with Gasteiger partial charge in [-0.15, -0.1) is 12.4 Å². The molecule has 0 bridgehead atoms. The molecule has 1 fully saturated rings. The average molecular weight is 348 g/mol. The van der Waals surface area contributed by atoms with E-state index in [4.69, 9.17) is 11.6 Å². The van der Waals surface area contributed by atoms with E-state index in [9.17, 15) is 14.9 Å². The van der Waals surface area contributed by atoms with Gasteiger partial charge in [-0.2, -0.15) is 0 Å². The largest absolute Gasteiger partial charge is 0.351 e. The van der Waals surface area contributed by atoms with Crippen LogP contribution in [0.15, 0.2) is 18.2 Å². The van der Waals surface area contributed by atoms with E-state index in [2.05, 4.69) is 17.6 Å². The summed E-state index contributed by atoms with van der Waals surface area (Å²) in [5.74, 6) is -0.501. The third-order valence-corrected chi connectivity index (χ3v) is 4.09. The predicted molar refractivity (Wildman–Crippen MR) is 87.9 cm³/mol. The van der Waals surface area contributed by atoms with Crippen molar-refractivity contribution >= 4 is 35.6 Å². The Kier molecular flexibility index (Phi) is 6.59. The van der Waals surface area contributed by atoms with E-state index < -0.39 is 10.8 Å². The lowest BCUT2D eigenvalue weighted by Gasteiger charge is -2.34. The summed E-state index contributed by atoms with van der Waals surface area (Å²) in [5.41, 5.74) is -0.382.